The first-order valence-electron chi connectivity index (χ1n) is 6.06. The van der Waals surface area contributed by atoms with Crippen LogP contribution in [0.1, 0.15) is 19.4 Å². The number of likely N-dealkylation sites (N-methyl/N-ethyl adjacent to an activating group) is 2. The molecular weight excluding hydrogens is 292 g/mol. The second-order valence-corrected chi connectivity index (χ2v) is 5.89. The van der Waals surface area contributed by atoms with Crippen molar-refractivity contribution in [1.82, 2.24) is 10.2 Å². The van der Waals surface area contributed by atoms with E-state index in [9.17, 15) is 4.79 Å². The molecule has 0 bridgehead atoms. The zero-order valence-corrected chi connectivity index (χ0v) is 13.0. The second-order valence-electron chi connectivity index (χ2n) is 4.98. The van der Waals surface area contributed by atoms with Gasteiger partial charge >= 0.3 is 0 Å². The highest BCUT2D eigenvalue weighted by Crippen LogP contribution is 2.12. The van der Waals surface area contributed by atoms with Gasteiger partial charge in [-0.2, -0.15) is 0 Å². The van der Waals surface area contributed by atoms with Gasteiger partial charge in [-0.25, -0.2) is 0 Å². The van der Waals surface area contributed by atoms with E-state index in [1.807, 2.05) is 33.0 Å². The van der Waals surface area contributed by atoms with Gasteiger partial charge in [0.15, 0.2) is 0 Å². The molecule has 100 valence electrons. The smallest absolute Gasteiger partial charge is 0.242 e. The van der Waals surface area contributed by atoms with Crippen molar-refractivity contribution in [1.29, 1.82) is 0 Å². The highest BCUT2D eigenvalue weighted by molar-refractivity contribution is 9.10. The third-order valence-electron chi connectivity index (χ3n) is 3.16. The summed E-state index contributed by atoms with van der Waals surface area (Å²) in [6.45, 7) is 4.52. The molecule has 0 radical (unpaired) electrons. The molecule has 0 unspecified atom stereocenters. The Kier molecular flexibility index (Phi) is 5.35. The molecule has 0 atom stereocenters. The number of nitrogens with zero attached hydrogens (tertiary/aromatic N) is 1. The predicted molar refractivity (Wildman–Crippen MR) is 78.6 cm³/mol. The zero-order valence-electron chi connectivity index (χ0n) is 11.5. The maximum atomic E-state index is 12.1. The van der Waals surface area contributed by atoms with Crippen LogP contribution in [0.2, 0.25) is 0 Å². The van der Waals surface area contributed by atoms with Crippen LogP contribution in [-0.4, -0.2) is 37.0 Å². The fourth-order valence-corrected chi connectivity index (χ4v) is 1.90. The molecule has 0 aliphatic rings. The third kappa shape index (κ3) is 4.10. The van der Waals surface area contributed by atoms with Crippen LogP contribution in [0.5, 0.6) is 0 Å². The summed E-state index contributed by atoms with van der Waals surface area (Å²) in [7, 11) is 3.65. The van der Waals surface area contributed by atoms with Gasteiger partial charge < -0.3 is 10.2 Å². The Morgan fingerprint density at radius 2 is 1.89 bits per heavy atom. The van der Waals surface area contributed by atoms with Gasteiger partial charge in [-0.3, -0.25) is 4.79 Å². The normalized spacial score (nSPS) is 11.4. The second kappa shape index (κ2) is 6.34. The lowest BCUT2D eigenvalue weighted by atomic mass is 10.0. The van der Waals surface area contributed by atoms with E-state index in [1.165, 1.54) is 5.56 Å². The minimum Gasteiger partial charge on any atom is -0.344 e. The summed E-state index contributed by atoms with van der Waals surface area (Å²) in [5, 5.41) is 3.03. The molecule has 1 aromatic carbocycles. The van der Waals surface area contributed by atoms with Crippen molar-refractivity contribution in [2.75, 3.05) is 20.6 Å². The van der Waals surface area contributed by atoms with Gasteiger partial charge in [0.05, 0.1) is 5.54 Å². The molecular formula is C14H21BrN2O. The number of rotatable bonds is 5. The van der Waals surface area contributed by atoms with Crippen LogP contribution in [-0.2, 0) is 11.2 Å². The molecule has 1 aromatic rings. The van der Waals surface area contributed by atoms with Gasteiger partial charge in [0.2, 0.25) is 5.91 Å². The average molecular weight is 313 g/mol. The standard InChI is InChI=1S/C14H21BrN2O/c1-14(2,16-3)13(18)17(4)10-9-11-5-7-12(15)8-6-11/h5-8,16H,9-10H2,1-4H3. The van der Waals surface area contributed by atoms with Crippen molar-refractivity contribution in [2.45, 2.75) is 25.8 Å². The Labute approximate surface area is 118 Å². The number of halogens is 1. The van der Waals surface area contributed by atoms with E-state index in [0.29, 0.717) is 0 Å². The quantitative estimate of drug-likeness (QED) is 0.905. The van der Waals surface area contributed by atoms with Crippen LogP contribution < -0.4 is 5.32 Å². The molecule has 0 aliphatic heterocycles. The highest BCUT2D eigenvalue weighted by atomic mass is 79.9. The van der Waals surface area contributed by atoms with Gasteiger partial charge in [-0.05, 0) is 45.0 Å². The summed E-state index contributed by atoms with van der Waals surface area (Å²) in [6, 6.07) is 8.20. The monoisotopic (exact) mass is 312 g/mol. The first-order valence-corrected chi connectivity index (χ1v) is 6.85. The Balaban J connectivity index is 2.53. The van der Waals surface area contributed by atoms with Crippen LogP contribution in [0.3, 0.4) is 0 Å². The van der Waals surface area contributed by atoms with Crippen molar-refractivity contribution >= 4 is 21.8 Å². The Morgan fingerprint density at radius 3 is 2.39 bits per heavy atom. The largest absolute Gasteiger partial charge is 0.344 e. The van der Waals surface area contributed by atoms with E-state index in [4.69, 9.17) is 0 Å². The van der Waals surface area contributed by atoms with E-state index in [2.05, 4.69) is 33.4 Å². The van der Waals surface area contributed by atoms with Gasteiger partial charge in [0, 0.05) is 18.1 Å². The molecule has 0 aliphatic carbocycles. The lowest BCUT2D eigenvalue weighted by Gasteiger charge is -2.29. The molecule has 3 nitrogen and oxygen atoms in total. The molecule has 0 spiro atoms. The Morgan fingerprint density at radius 1 is 1.33 bits per heavy atom. The van der Waals surface area contributed by atoms with E-state index < -0.39 is 5.54 Å². The van der Waals surface area contributed by atoms with Gasteiger partial charge in [-0.1, -0.05) is 28.1 Å². The number of benzene rings is 1. The molecule has 1 N–H and O–H groups in total. The lowest BCUT2D eigenvalue weighted by molar-refractivity contribution is -0.135. The zero-order chi connectivity index (χ0) is 13.8. The SMILES string of the molecule is CNC(C)(C)C(=O)N(C)CCc1ccc(Br)cc1. The summed E-state index contributed by atoms with van der Waals surface area (Å²) in [4.78, 5) is 13.9. The Hall–Kier alpha value is -0.870. The summed E-state index contributed by atoms with van der Waals surface area (Å²) in [5.74, 6) is 0.113. The topological polar surface area (TPSA) is 32.3 Å². The summed E-state index contributed by atoms with van der Waals surface area (Å²) in [5.41, 5.74) is 0.731. The van der Waals surface area contributed by atoms with Crippen molar-refractivity contribution in [3.63, 3.8) is 0 Å². The first-order chi connectivity index (χ1) is 8.36. The lowest BCUT2D eigenvalue weighted by Crippen LogP contribution is -2.52. The average Bonchev–Trinajstić information content (AvgIpc) is 2.36. The molecule has 4 heteroatoms. The van der Waals surface area contributed by atoms with Crippen LogP contribution in [0.4, 0.5) is 0 Å². The fourth-order valence-electron chi connectivity index (χ4n) is 1.63. The van der Waals surface area contributed by atoms with Crippen molar-refractivity contribution in [3.8, 4) is 0 Å². The summed E-state index contributed by atoms with van der Waals surface area (Å²) >= 11 is 3.41. The van der Waals surface area contributed by atoms with E-state index in [1.54, 1.807) is 11.9 Å². The van der Waals surface area contributed by atoms with Crippen LogP contribution in [0, 0.1) is 0 Å². The molecule has 0 saturated heterocycles. The molecule has 0 saturated carbocycles. The molecule has 1 amide bonds. The summed E-state index contributed by atoms with van der Waals surface area (Å²) in [6.07, 6.45) is 0.870. The van der Waals surface area contributed by atoms with E-state index in [0.717, 1.165) is 17.4 Å². The predicted octanol–water partition coefficient (Wildman–Crippen LogP) is 2.45. The van der Waals surface area contributed by atoms with Crippen LogP contribution in [0.15, 0.2) is 28.7 Å². The number of amides is 1. The van der Waals surface area contributed by atoms with Gasteiger partial charge in [0.25, 0.3) is 0 Å². The Bertz CT molecular complexity index is 401. The first kappa shape index (κ1) is 15.2. The molecule has 0 fully saturated rings. The van der Waals surface area contributed by atoms with Gasteiger partial charge in [0.1, 0.15) is 0 Å². The maximum Gasteiger partial charge on any atom is 0.242 e. The third-order valence-corrected chi connectivity index (χ3v) is 3.68. The fraction of sp³-hybridized carbons (Fsp3) is 0.500. The van der Waals surface area contributed by atoms with Gasteiger partial charge in [-0.15, -0.1) is 0 Å². The number of hydrogen-bond donors (Lipinski definition) is 1. The van der Waals surface area contributed by atoms with E-state index >= 15 is 0 Å². The van der Waals surface area contributed by atoms with Crippen LogP contribution >= 0.6 is 15.9 Å². The van der Waals surface area contributed by atoms with Crippen molar-refractivity contribution in [2.24, 2.45) is 0 Å². The number of nitrogens with one attached hydrogen (secondary N) is 1. The minimum atomic E-state index is -0.505. The van der Waals surface area contributed by atoms with Crippen LogP contribution in [0.25, 0.3) is 0 Å². The van der Waals surface area contributed by atoms with E-state index in [-0.39, 0.29) is 5.91 Å². The molecule has 0 heterocycles. The molecule has 0 aromatic heterocycles. The molecule has 18 heavy (non-hydrogen) atoms. The van der Waals surface area contributed by atoms with Crippen molar-refractivity contribution < 1.29 is 4.79 Å². The highest BCUT2D eigenvalue weighted by Gasteiger charge is 2.27. The summed E-state index contributed by atoms with van der Waals surface area (Å²) < 4.78 is 1.08. The number of hydrogen-bond acceptors (Lipinski definition) is 2. The number of carbonyl (C=O) groups is 1. The van der Waals surface area contributed by atoms with Crippen molar-refractivity contribution in [3.05, 3.63) is 34.3 Å². The minimum absolute atomic E-state index is 0.113. The molecule has 1 rings (SSSR count). The number of carbonyl (C=O) groups excluding carboxylic acids is 1. The maximum absolute atomic E-state index is 12.1.